The standard InChI is InChI=1S/C27H30N2O6/c30-25(29-18-33-17-26(31)34-15-19-8-2-1-3-9-19)14-28-27(32)35-16-24-22-12-6-4-10-20(22)21-11-5-7-13-23(21)24/h1-8,10-13,19,24-25,29-30H,9,14-18H2,(H,28,32). The maximum atomic E-state index is 12.2. The minimum absolute atomic E-state index is 0.0324. The molecule has 0 aliphatic heterocycles. The lowest BCUT2D eigenvalue weighted by molar-refractivity contribution is -0.150. The van der Waals surface area contributed by atoms with Crippen LogP contribution in [0.1, 0.15) is 23.5 Å². The van der Waals surface area contributed by atoms with E-state index in [0.29, 0.717) is 6.61 Å². The van der Waals surface area contributed by atoms with Crippen LogP contribution in [0.5, 0.6) is 0 Å². The molecule has 0 fully saturated rings. The monoisotopic (exact) mass is 478 g/mol. The predicted octanol–water partition coefficient (Wildman–Crippen LogP) is 3.08. The Hall–Kier alpha value is -3.46. The highest BCUT2D eigenvalue weighted by atomic mass is 16.6. The maximum Gasteiger partial charge on any atom is 0.407 e. The third-order valence-corrected chi connectivity index (χ3v) is 5.95. The fourth-order valence-corrected chi connectivity index (χ4v) is 4.19. The number of fused-ring (bicyclic) bond motifs is 3. The number of benzene rings is 2. The van der Waals surface area contributed by atoms with Crippen molar-refractivity contribution in [2.24, 2.45) is 5.92 Å². The Morgan fingerprint density at radius 3 is 2.37 bits per heavy atom. The number of hydrogen-bond acceptors (Lipinski definition) is 7. The van der Waals surface area contributed by atoms with E-state index in [4.69, 9.17) is 14.2 Å². The Morgan fingerprint density at radius 1 is 0.971 bits per heavy atom. The van der Waals surface area contributed by atoms with Crippen molar-refractivity contribution in [2.45, 2.75) is 18.6 Å². The minimum atomic E-state index is -1.06. The van der Waals surface area contributed by atoms with E-state index in [1.54, 1.807) is 0 Å². The molecule has 0 heterocycles. The summed E-state index contributed by atoms with van der Waals surface area (Å²) in [4.78, 5) is 23.9. The number of carbonyl (C=O) groups excluding carboxylic acids is 2. The first kappa shape index (κ1) is 24.7. The highest BCUT2D eigenvalue weighted by Gasteiger charge is 2.29. The van der Waals surface area contributed by atoms with Crippen LogP contribution >= 0.6 is 0 Å². The Bertz CT molecular complexity index is 1040. The molecule has 2 unspecified atom stereocenters. The number of carbonyl (C=O) groups is 2. The van der Waals surface area contributed by atoms with Crippen LogP contribution in [0.15, 0.2) is 72.8 Å². The zero-order chi connectivity index (χ0) is 24.5. The lowest BCUT2D eigenvalue weighted by Gasteiger charge is -2.16. The van der Waals surface area contributed by atoms with E-state index in [1.165, 1.54) is 0 Å². The largest absolute Gasteiger partial charge is 0.463 e. The van der Waals surface area contributed by atoms with Crippen LogP contribution in [0.2, 0.25) is 0 Å². The van der Waals surface area contributed by atoms with Crippen LogP contribution in [-0.4, -0.2) is 56.5 Å². The van der Waals surface area contributed by atoms with Gasteiger partial charge in [-0.1, -0.05) is 72.8 Å². The lowest BCUT2D eigenvalue weighted by Crippen LogP contribution is -2.42. The van der Waals surface area contributed by atoms with E-state index >= 15 is 0 Å². The molecule has 2 atom stereocenters. The number of amides is 1. The minimum Gasteiger partial charge on any atom is -0.463 e. The van der Waals surface area contributed by atoms with Crippen LogP contribution in [0, 0.1) is 5.92 Å². The van der Waals surface area contributed by atoms with Crippen molar-refractivity contribution >= 4 is 12.1 Å². The molecule has 184 valence electrons. The second-order valence-corrected chi connectivity index (χ2v) is 8.41. The third kappa shape index (κ3) is 6.79. The molecule has 8 nitrogen and oxygen atoms in total. The molecule has 2 aliphatic carbocycles. The van der Waals surface area contributed by atoms with Gasteiger partial charge in [0.2, 0.25) is 0 Å². The van der Waals surface area contributed by atoms with E-state index in [1.807, 2.05) is 48.6 Å². The van der Waals surface area contributed by atoms with E-state index in [2.05, 4.69) is 34.9 Å². The van der Waals surface area contributed by atoms with Crippen LogP contribution in [0.3, 0.4) is 0 Å². The Balaban J connectivity index is 1.10. The summed E-state index contributed by atoms with van der Waals surface area (Å²) in [7, 11) is 0. The second-order valence-electron chi connectivity index (χ2n) is 8.41. The first-order chi connectivity index (χ1) is 17.1. The topological polar surface area (TPSA) is 106 Å². The van der Waals surface area contributed by atoms with Gasteiger partial charge < -0.3 is 24.6 Å². The smallest absolute Gasteiger partial charge is 0.407 e. The van der Waals surface area contributed by atoms with Crippen molar-refractivity contribution in [3.63, 3.8) is 0 Å². The lowest BCUT2D eigenvalue weighted by atomic mass is 9.98. The number of allylic oxidation sites excluding steroid dienone is 3. The van der Waals surface area contributed by atoms with Gasteiger partial charge in [0.1, 0.15) is 19.4 Å². The summed E-state index contributed by atoms with van der Waals surface area (Å²) < 4.78 is 15.8. The van der Waals surface area contributed by atoms with Gasteiger partial charge in [0, 0.05) is 11.8 Å². The number of rotatable bonds is 11. The number of alkyl carbamates (subject to hydrolysis) is 1. The SMILES string of the molecule is O=C(COCNC(O)CNC(=O)OCC1c2ccccc2-c2ccccc21)OCC1C=CC=CC1. The van der Waals surface area contributed by atoms with Crippen molar-refractivity contribution < 1.29 is 28.9 Å². The molecule has 0 spiro atoms. The number of aliphatic hydroxyl groups is 1. The molecule has 0 bridgehead atoms. The molecule has 35 heavy (non-hydrogen) atoms. The van der Waals surface area contributed by atoms with Crippen molar-refractivity contribution in [1.82, 2.24) is 10.6 Å². The van der Waals surface area contributed by atoms with Crippen LogP contribution in [0.25, 0.3) is 11.1 Å². The van der Waals surface area contributed by atoms with Crippen molar-refractivity contribution in [3.8, 4) is 11.1 Å². The van der Waals surface area contributed by atoms with E-state index < -0.39 is 18.3 Å². The Morgan fingerprint density at radius 2 is 1.69 bits per heavy atom. The summed E-state index contributed by atoms with van der Waals surface area (Å²) in [5.74, 6) is -0.316. The van der Waals surface area contributed by atoms with Crippen molar-refractivity contribution in [1.29, 1.82) is 0 Å². The predicted molar refractivity (Wildman–Crippen MR) is 130 cm³/mol. The zero-order valence-corrected chi connectivity index (χ0v) is 19.4. The molecular formula is C27H30N2O6. The number of nitrogens with one attached hydrogen (secondary N) is 2. The molecule has 4 rings (SSSR count). The highest BCUT2D eigenvalue weighted by Crippen LogP contribution is 2.44. The van der Waals surface area contributed by atoms with Crippen LogP contribution in [-0.2, 0) is 19.0 Å². The molecule has 0 aromatic heterocycles. The van der Waals surface area contributed by atoms with Gasteiger partial charge in [-0.25, -0.2) is 9.59 Å². The summed E-state index contributed by atoms with van der Waals surface area (Å²) in [5.41, 5.74) is 4.57. The fourth-order valence-electron chi connectivity index (χ4n) is 4.19. The van der Waals surface area contributed by atoms with Gasteiger partial charge in [-0.05, 0) is 28.7 Å². The summed E-state index contributed by atoms with van der Waals surface area (Å²) >= 11 is 0. The number of hydrogen-bond donors (Lipinski definition) is 3. The molecule has 0 saturated carbocycles. The normalized spacial score (nSPS) is 16.9. The van der Waals surface area contributed by atoms with E-state index in [0.717, 1.165) is 28.7 Å². The number of aliphatic hydroxyl groups excluding tert-OH is 1. The molecule has 0 radical (unpaired) electrons. The molecule has 1 amide bonds. The van der Waals surface area contributed by atoms with Gasteiger partial charge in [-0.2, -0.15) is 0 Å². The van der Waals surface area contributed by atoms with Crippen molar-refractivity contribution in [2.75, 3.05) is 33.1 Å². The Labute approximate surface area is 204 Å². The third-order valence-electron chi connectivity index (χ3n) is 5.95. The molecule has 8 heteroatoms. The first-order valence-electron chi connectivity index (χ1n) is 11.7. The van der Waals surface area contributed by atoms with Gasteiger partial charge in [0.15, 0.2) is 0 Å². The maximum absolute atomic E-state index is 12.2. The second kappa shape index (κ2) is 12.3. The van der Waals surface area contributed by atoms with Gasteiger partial charge in [0.25, 0.3) is 0 Å². The average molecular weight is 479 g/mol. The van der Waals surface area contributed by atoms with Crippen molar-refractivity contribution in [3.05, 3.63) is 84.0 Å². The molecule has 2 aliphatic rings. The van der Waals surface area contributed by atoms with E-state index in [9.17, 15) is 14.7 Å². The zero-order valence-electron chi connectivity index (χ0n) is 19.4. The summed E-state index contributed by atoms with van der Waals surface area (Å²) in [6.07, 6.45) is 7.07. The summed E-state index contributed by atoms with van der Waals surface area (Å²) in [6, 6.07) is 16.2. The van der Waals surface area contributed by atoms with Gasteiger partial charge in [0.05, 0.1) is 19.9 Å². The average Bonchev–Trinajstić information content (AvgIpc) is 3.22. The van der Waals surface area contributed by atoms with Gasteiger partial charge in [-0.15, -0.1) is 0 Å². The summed E-state index contributed by atoms with van der Waals surface area (Å²) in [5, 5.41) is 15.2. The van der Waals surface area contributed by atoms with E-state index in [-0.39, 0.29) is 38.3 Å². The summed E-state index contributed by atoms with van der Waals surface area (Å²) in [6.45, 7) is 0.122. The van der Waals surface area contributed by atoms with Crippen LogP contribution < -0.4 is 10.6 Å². The van der Waals surface area contributed by atoms with Crippen LogP contribution in [0.4, 0.5) is 4.79 Å². The Kier molecular flexibility index (Phi) is 8.67. The highest BCUT2D eigenvalue weighted by molar-refractivity contribution is 5.79. The number of esters is 1. The molecule has 3 N–H and O–H groups in total. The van der Waals surface area contributed by atoms with Gasteiger partial charge in [-0.3, -0.25) is 5.32 Å². The fraction of sp³-hybridized carbons (Fsp3) is 0.333. The molecule has 2 aromatic carbocycles. The quantitative estimate of drug-likeness (QED) is 0.259. The molecular weight excluding hydrogens is 448 g/mol. The first-order valence-corrected chi connectivity index (χ1v) is 11.7. The molecule has 0 saturated heterocycles. The number of ether oxygens (including phenoxy) is 3. The molecule has 2 aromatic rings. The van der Waals surface area contributed by atoms with Gasteiger partial charge >= 0.3 is 12.1 Å².